The molecule has 3 N–H and O–H groups in total. The molecular weight excluding hydrogens is 486 g/mol. The third kappa shape index (κ3) is 5.60. The monoisotopic (exact) mass is 509 g/mol. The SMILES string of the molecule is CCc1ccc2oc(-c3ccc(NC(=S)NC(=O)/C=C/c4ccc(-c5ccccc5)o4)cc3O)nc2c1. The van der Waals surface area contributed by atoms with Gasteiger partial charge in [-0.25, -0.2) is 4.98 Å². The molecule has 0 saturated carbocycles. The van der Waals surface area contributed by atoms with Gasteiger partial charge in [-0.3, -0.25) is 10.1 Å². The molecule has 3 aromatic carbocycles. The lowest BCUT2D eigenvalue weighted by atomic mass is 10.1. The van der Waals surface area contributed by atoms with E-state index in [0.29, 0.717) is 34.2 Å². The number of nitrogens with one attached hydrogen (secondary N) is 2. The Kier molecular flexibility index (Phi) is 6.83. The van der Waals surface area contributed by atoms with Crippen molar-refractivity contribution < 1.29 is 18.7 Å². The average Bonchev–Trinajstić information content (AvgIpc) is 3.55. The van der Waals surface area contributed by atoms with Crippen molar-refractivity contribution >= 4 is 46.1 Å². The minimum Gasteiger partial charge on any atom is -0.507 e. The molecule has 5 rings (SSSR count). The summed E-state index contributed by atoms with van der Waals surface area (Å²) in [6.07, 6.45) is 3.79. The topological polar surface area (TPSA) is 101 Å². The van der Waals surface area contributed by atoms with Gasteiger partial charge in [-0.1, -0.05) is 43.3 Å². The molecule has 0 spiro atoms. The van der Waals surface area contributed by atoms with Crippen LogP contribution in [0.25, 0.3) is 40.0 Å². The number of anilines is 1. The van der Waals surface area contributed by atoms with Crippen LogP contribution in [-0.4, -0.2) is 21.1 Å². The Hall–Kier alpha value is -4.69. The third-order valence-corrected chi connectivity index (χ3v) is 5.87. The number of amides is 1. The summed E-state index contributed by atoms with van der Waals surface area (Å²) in [5, 5.41) is 16.1. The van der Waals surface area contributed by atoms with E-state index in [4.69, 9.17) is 21.1 Å². The van der Waals surface area contributed by atoms with Gasteiger partial charge in [-0.2, -0.15) is 0 Å². The molecule has 2 heterocycles. The van der Waals surface area contributed by atoms with E-state index >= 15 is 0 Å². The first-order valence-electron chi connectivity index (χ1n) is 11.7. The molecule has 0 aliphatic carbocycles. The molecule has 0 aliphatic rings. The minimum absolute atomic E-state index is 0.0340. The van der Waals surface area contributed by atoms with Crippen LogP contribution < -0.4 is 10.6 Å². The second-order valence-electron chi connectivity index (χ2n) is 8.25. The molecular formula is C29H23N3O4S. The lowest BCUT2D eigenvalue weighted by Crippen LogP contribution is -2.32. The van der Waals surface area contributed by atoms with Crippen LogP contribution in [0.5, 0.6) is 5.75 Å². The molecule has 0 aliphatic heterocycles. The number of oxazole rings is 1. The Bertz CT molecular complexity index is 1620. The predicted molar refractivity (Wildman–Crippen MR) is 148 cm³/mol. The fraction of sp³-hybridized carbons (Fsp3) is 0.0690. The molecule has 0 fully saturated rings. The molecule has 0 bridgehead atoms. The summed E-state index contributed by atoms with van der Waals surface area (Å²) in [6.45, 7) is 2.07. The summed E-state index contributed by atoms with van der Waals surface area (Å²) in [7, 11) is 0. The van der Waals surface area contributed by atoms with Gasteiger partial charge in [0.05, 0.1) is 5.56 Å². The van der Waals surface area contributed by atoms with Gasteiger partial charge in [-0.15, -0.1) is 0 Å². The van der Waals surface area contributed by atoms with E-state index in [0.717, 1.165) is 23.1 Å². The smallest absolute Gasteiger partial charge is 0.250 e. The lowest BCUT2D eigenvalue weighted by molar-refractivity contribution is -0.115. The third-order valence-electron chi connectivity index (χ3n) is 5.67. The summed E-state index contributed by atoms with van der Waals surface area (Å²) >= 11 is 5.24. The standard InChI is InChI=1S/C29H23N3O4S/c1-2-18-8-13-26-23(16-18)31-28(36-26)22-12-9-20(17-24(22)33)30-29(37)32-27(34)15-11-21-10-14-25(35-21)19-6-4-3-5-7-19/h3-17,33H,2H2,1H3,(H2,30,32,34,37)/b15-11+. The zero-order valence-corrected chi connectivity index (χ0v) is 20.7. The quantitative estimate of drug-likeness (QED) is 0.176. The van der Waals surface area contributed by atoms with Crippen molar-refractivity contribution in [2.24, 2.45) is 0 Å². The maximum absolute atomic E-state index is 12.3. The highest BCUT2D eigenvalue weighted by molar-refractivity contribution is 7.80. The minimum atomic E-state index is -0.422. The Morgan fingerprint density at radius 3 is 2.65 bits per heavy atom. The lowest BCUT2D eigenvalue weighted by Gasteiger charge is -2.09. The number of fused-ring (bicyclic) bond motifs is 1. The number of hydrogen-bond donors (Lipinski definition) is 3. The first-order chi connectivity index (χ1) is 18.0. The van der Waals surface area contributed by atoms with Crippen LogP contribution in [-0.2, 0) is 11.2 Å². The van der Waals surface area contributed by atoms with Crippen LogP contribution in [0.4, 0.5) is 5.69 Å². The number of aromatic hydroxyl groups is 1. The molecule has 37 heavy (non-hydrogen) atoms. The number of benzene rings is 3. The van der Waals surface area contributed by atoms with Gasteiger partial charge >= 0.3 is 0 Å². The number of aromatic nitrogens is 1. The molecule has 7 nitrogen and oxygen atoms in total. The van der Waals surface area contributed by atoms with Crippen molar-refractivity contribution in [2.75, 3.05) is 5.32 Å². The number of carbonyl (C=O) groups excluding carboxylic acids is 1. The summed E-state index contributed by atoms with van der Waals surface area (Å²) in [4.78, 5) is 16.8. The van der Waals surface area contributed by atoms with Crippen LogP contribution >= 0.6 is 12.2 Å². The largest absolute Gasteiger partial charge is 0.507 e. The number of furan rings is 1. The maximum Gasteiger partial charge on any atom is 0.250 e. The number of hydrogen-bond acceptors (Lipinski definition) is 6. The van der Waals surface area contributed by atoms with Crippen molar-refractivity contribution in [3.8, 4) is 28.5 Å². The van der Waals surface area contributed by atoms with Crippen LogP contribution in [0.1, 0.15) is 18.2 Å². The fourth-order valence-electron chi connectivity index (χ4n) is 3.77. The van der Waals surface area contributed by atoms with E-state index in [1.165, 1.54) is 12.1 Å². The highest BCUT2D eigenvalue weighted by Gasteiger charge is 2.14. The average molecular weight is 510 g/mol. The second kappa shape index (κ2) is 10.5. The summed E-state index contributed by atoms with van der Waals surface area (Å²) in [5.41, 5.74) is 4.44. The first kappa shape index (κ1) is 24.0. The highest BCUT2D eigenvalue weighted by atomic mass is 32.1. The molecule has 2 aromatic heterocycles. The molecule has 0 saturated heterocycles. The van der Waals surface area contributed by atoms with Gasteiger partial charge in [-0.05, 0) is 66.7 Å². The van der Waals surface area contributed by atoms with Gasteiger partial charge < -0.3 is 19.3 Å². The summed E-state index contributed by atoms with van der Waals surface area (Å²) in [6, 6.07) is 24.0. The first-order valence-corrected chi connectivity index (χ1v) is 12.1. The number of aryl methyl sites for hydroxylation is 1. The number of nitrogens with zero attached hydrogens (tertiary/aromatic N) is 1. The maximum atomic E-state index is 12.3. The molecule has 0 atom stereocenters. The van der Waals surface area contributed by atoms with E-state index in [2.05, 4.69) is 22.5 Å². The van der Waals surface area contributed by atoms with E-state index in [1.54, 1.807) is 24.3 Å². The normalized spacial score (nSPS) is 11.2. The van der Waals surface area contributed by atoms with Crippen LogP contribution in [0, 0.1) is 0 Å². The van der Waals surface area contributed by atoms with Crippen molar-refractivity contribution in [3.63, 3.8) is 0 Å². The molecule has 0 radical (unpaired) electrons. The summed E-state index contributed by atoms with van der Waals surface area (Å²) < 4.78 is 11.6. The van der Waals surface area contributed by atoms with Crippen LogP contribution in [0.15, 0.2) is 93.8 Å². The number of phenols is 1. The number of carbonyl (C=O) groups is 1. The van der Waals surface area contributed by atoms with Crippen molar-refractivity contribution in [3.05, 3.63) is 96.3 Å². The van der Waals surface area contributed by atoms with E-state index < -0.39 is 5.91 Å². The predicted octanol–water partition coefficient (Wildman–Crippen LogP) is 6.55. The molecule has 184 valence electrons. The Morgan fingerprint density at radius 1 is 1.03 bits per heavy atom. The molecule has 5 aromatic rings. The molecule has 8 heteroatoms. The van der Waals surface area contributed by atoms with E-state index in [1.807, 2.05) is 54.6 Å². The Morgan fingerprint density at radius 2 is 1.86 bits per heavy atom. The molecule has 0 unspecified atom stereocenters. The zero-order valence-electron chi connectivity index (χ0n) is 19.9. The van der Waals surface area contributed by atoms with Gasteiger partial charge in [0.25, 0.3) is 0 Å². The van der Waals surface area contributed by atoms with Crippen molar-refractivity contribution in [2.45, 2.75) is 13.3 Å². The van der Waals surface area contributed by atoms with Crippen molar-refractivity contribution in [1.82, 2.24) is 10.3 Å². The van der Waals surface area contributed by atoms with E-state index in [9.17, 15) is 9.90 Å². The van der Waals surface area contributed by atoms with Gasteiger partial charge in [0.2, 0.25) is 11.8 Å². The van der Waals surface area contributed by atoms with E-state index in [-0.39, 0.29) is 10.9 Å². The van der Waals surface area contributed by atoms with Gasteiger partial charge in [0, 0.05) is 23.4 Å². The molecule has 1 amide bonds. The summed E-state index contributed by atoms with van der Waals surface area (Å²) in [5.74, 6) is 1.12. The Balaban J connectivity index is 1.20. The Labute approximate surface area is 218 Å². The van der Waals surface area contributed by atoms with Gasteiger partial charge in [0.1, 0.15) is 22.8 Å². The fourth-order valence-corrected chi connectivity index (χ4v) is 3.99. The van der Waals surface area contributed by atoms with Crippen LogP contribution in [0.3, 0.4) is 0 Å². The van der Waals surface area contributed by atoms with Crippen molar-refractivity contribution in [1.29, 1.82) is 0 Å². The second-order valence-corrected chi connectivity index (χ2v) is 8.66. The van der Waals surface area contributed by atoms with Crippen LogP contribution in [0.2, 0.25) is 0 Å². The van der Waals surface area contributed by atoms with Gasteiger partial charge in [0.15, 0.2) is 10.7 Å². The zero-order chi connectivity index (χ0) is 25.8. The number of phenolic OH excluding ortho intramolecular Hbond substituents is 1. The number of thiocarbonyl (C=S) groups is 1. The number of rotatable bonds is 6. The highest BCUT2D eigenvalue weighted by Crippen LogP contribution is 2.33.